The maximum absolute atomic E-state index is 6.38. The van der Waals surface area contributed by atoms with Gasteiger partial charge in [0.15, 0.2) is 0 Å². The van der Waals surface area contributed by atoms with Crippen LogP contribution < -0.4 is 0 Å². The summed E-state index contributed by atoms with van der Waals surface area (Å²) in [5.41, 5.74) is 9.58. The van der Waals surface area contributed by atoms with E-state index in [1.165, 1.54) is 22.3 Å². The SMILES string of the molecule is Cc1ccc(-c2cc(-c3ccccc3)cc(-c3ccc(Cl)c4nccnc34)c2)cc1. The molecule has 0 aliphatic rings. The minimum Gasteiger partial charge on any atom is -0.252 e. The summed E-state index contributed by atoms with van der Waals surface area (Å²) in [4.78, 5) is 9.03. The third-order valence-corrected chi connectivity index (χ3v) is 5.62. The van der Waals surface area contributed by atoms with E-state index in [2.05, 4.69) is 83.6 Å². The molecular formula is C27H19ClN2. The molecule has 0 bridgehead atoms. The first-order chi connectivity index (χ1) is 14.7. The Hall–Kier alpha value is -3.49. The molecule has 0 aliphatic carbocycles. The second kappa shape index (κ2) is 7.74. The summed E-state index contributed by atoms with van der Waals surface area (Å²) in [6.45, 7) is 2.11. The van der Waals surface area contributed by atoms with Crippen LogP contribution in [-0.2, 0) is 0 Å². The number of nitrogens with zero attached hydrogens (tertiary/aromatic N) is 2. The lowest BCUT2D eigenvalue weighted by atomic mass is 9.92. The predicted molar refractivity (Wildman–Crippen MR) is 126 cm³/mol. The largest absolute Gasteiger partial charge is 0.252 e. The van der Waals surface area contributed by atoms with Gasteiger partial charge < -0.3 is 0 Å². The highest BCUT2D eigenvalue weighted by Crippen LogP contribution is 2.36. The molecule has 1 heterocycles. The molecule has 0 fully saturated rings. The van der Waals surface area contributed by atoms with Gasteiger partial charge in [0.25, 0.3) is 0 Å². The summed E-state index contributed by atoms with van der Waals surface area (Å²) >= 11 is 6.38. The summed E-state index contributed by atoms with van der Waals surface area (Å²) in [5, 5.41) is 0.611. The molecule has 0 saturated carbocycles. The van der Waals surface area contributed by atoms with Crippen molar-refractivity contribution < 1.29 is 0 Å². The molecule has 0 unspecified atom stereocenters. The number of rotatable bonds is 3. The Morgan fingerprint density at radius 2 is 1.17 bits per heavy atom. The molecule has 30 heavy (non-hydrogen) atoms. The number of benzene rings is 4. The lowest BCUT2D eigenvalue weighted by Gasteiger charge is -2.13. The molecule has 0 aliphatic heterocycles. The van der Waals surface area contributed by atoms with E-state index in [4.69, 9.17) is 11.6 Å². The topological polar surface area (TPSA) is 25.8 Å². The van der Waals surface area contributed by atoms with Gasteiger partial charge in [-0.05, 0) is 59.0 Å². The standard InChI is InChI=1S/C27H19ClN2/c1-18-7-9-20(10-8-18)22-15-21(19-5-3-2-4-6-19)16-23(17-22)24-11-12-25(28)27-26(24)29-13-14-30-27/h2-17H,1H3. The second-order valence-electron chi connectivity index (χ2n) is 7.38. The van der Waals surface area contributed by atoms with Gasteiger partial charge in [-0.2, -0.15) is 0 Å². The quantitative estimate of drug-likeness (QED) is 0.308. The van der Waals surface area contributed by atoms with E-state index in [0.29, 0.717) is 5.02 Å². The van der Waals surface area contributed by atoms with Crippen LogP contribution in [0.2, 0.25) is 5.02 Å². The fourth-order valence-corrected chi connectivity index (χ4v) is 3.95. The lowest BCUT2D eigenvalue weighted by molar-refractivity contribution is 1.29. The highest BCUT2D eigenvalue weighted by molar-refractivity contribution is 6.35. The maximum Gasteiger partial charge on any atom is 0.108 e. The predicted octanol–water partition coefficient (Wildman–Crippen LogP) is 7.59. The molecule has 0 saturated heterocycles. The van der Waals surface area contributed by atoms with E-state index in [-0.39, 0.29) is 0 Å². The summed E-state index contributed by atoms with van der Waals surface area (Å²) in [5.74, 6) is 0. The molecule has 3 heteroatoms. The summed E-state index contributed by atoms with van der Waals surface area (Å²) in [6, 6.07) is 29.7. The minimum atomic E-state index is 0.611. The average molecular weight is 407 g/mol. The van der Waals surface area contributed by atoms with Crippen molar-refractivity contribution in [3.63, 3.8) is 0 Å². The van der Waals surface area contributed by atoms with Gasteiger partial charge >= 0.3 is 0 Å². The monoisotopic (exact) mass is 406 g/mol. The smallest absolute Gasteiger partial charge is 0.108 e. The van der Waals surface area contributed by atoms with Gasteiger partial charge in [-0.1, -0.05) is 77.8 Å². The number of aromatic nitrogens is 2. The zero-order chi connectivity index (χ0) is 20.5. The molecule has 0 atom stereocenters. The van der Waals surface area contributed by atoms with E-state index in [0.717, 1.165) is 27.7 Å². The Morgan fingerprint density at radius 1 is 0.567 bits per heavy atom. The van der Waals surface area contributed by atoms with Crippen molar-refractivity contribution in [2.75, 3.05) is 0 Å². The van der Waals surface area contributed by atoms with Crippen LogP contribution in [0.5, 0.6) is 0 Å². The van der Waals surface area contributed by atoms with Gasteiger partial charge in [-0.15, -0.1) is 0 Å². The molecule has 0 amide bonds. The molecule has 0 radical (unpaired) electrons. The first-order valence-corrected chi connectivity index (χ1v) is 10.2. The third-order valence-electron chi connectivity index (χ3n) is 5.31. The second-order valence-corrected chi connectivity index (χ2v) is 7.79. The Morgan fingerprint density at radius 3 is 1.87 bits per heavy atom. The lowest BCUT2D eigenvalue weighted by Crippen LogP contribution is -1.90. The van der Waals surface area contributed by atoms with Crippen molar-refractivity contribution in [3.8, 4) is 33.4 Å². The number of halogens is 1. The van der Waals surface area contributed by atoms with E-state index >= 15 is 0 Å². The minimum absolute atomic E-state index is 0.611. The molecule has 0 spiro atoms. The molecule has 0 N–H and O–H groups in total. The van der Waals surface area contributed by atoms with Gasteiger partial charge in [0.1, 0.15) is 5.52 Å². The molecule has 144 valence electrons. The fraction of sp³-hybridized carbons (Fsp3) is 0.0370. The van der Waals surface area contributed by atoms with Crippen LogP contribution in [0, 0.1) is 6.92 Å². The van der Waals surface area contributed by atoms with Crippen LogP contribution >= 0.6 is 11.6 Å². The highest BCUT2D eigenvalue weighted by Gasteiger charge is 2.12. The Balaban J connectivity index is 1.77. The van der Waals surface area contributed by atoms with Gasteiger partial charge in [-0.3, -0.25) is 9.97 Å². The fourth-order valence-electron chi connectivity index (χ4n) is 3.75. The maximum atomic E-state index is 6.38. The Kier molecular flexibility index (Phi) is 4.78. The van der Waals surface area contributed by atoms with Crippen LogP contribution in [0.25, 0.3) is 44.4 Å². The van der Waals surface area contributed by atoms with Crippen LogP contribution in [0.1, 0.15) is 5.56 Å². The zero-order valence-corrected chi connectivity index (χ0v) is 17.3. The van der Waals surface area contributed by atoms with E-state index < -0.39 is 0 Å². The molecule has 5 aromatic rings. The van der Waals surface area contributed by atoms with Gasteiger partial charge in [-0.25, -0.2) is 0 Å². The molecule has 1 aromatic heterocycles. The van der Waals surface area contributed by atoms with Gasteiger partial charge in [0.05, 0.1) is 10.5 Å². The van der Waals surface area contributed by atoms with Crippen molar-refractivity contribution in [2.45, 2.75) is 6.92 Å². The number of fused-ring (bicyclic) bond motifs is 1. The van der Waals surface area contributed by atoms with Gasteiger partial charge in [0.2, 0.25) is 0 Å². The van der Waals surface area contributed by atoms with E-state index in [9.17, 15) is 0 Å². The number of aryl methyl sites for hydroxylation is 1. The summed E-state index contributed by atoms with van der Waals surface area (Å²) in [7, 11) is 0. The van der Waals surface area contributed by atoms with E-state index in [1.807, 2.05) is 18.2 Å². The van der Waals surface area contributed by atoms with E-state index in [1.54, 1.807) is 12.4 Å². The first-order valence-electron chi connectivity index (χ1n) is 9.86. The van der Waals surface area contributed by atoms with Crippen LogP contribution in [0.15, 0.2) is 97.3 Å². The number of hydrogen-bond acceptors (Lipinski definition) is 2. The summed E-state index contributed by atoms with van der Waals surface area (Å²) in [6.07, 6.45) is 3.39. The first kappa shape index (κ1) is 18.5. The van der Waals surface area contributed by atoms with Crippen molar-refractivity contribution in [1.29, 1.82) is 0 Å². The molecule has 4 aromatic carbocycles. The van der Waals surface area contributed by atoms with Crippen LogP contribution in [0.4, 0.5) is 0 Å². The summed E-state index contributed by atoms with van der Waals surface area (Å²) < 4.78 is 0. The van der Waals surface area contributed by atoms with Crippen LogP contribution in [-0.4, -0.2) is 9.97 Å². The molecular weight excluding hydrogens is 388 g/mol. The number of hydrogen-bond donors (Lipinski definition) is 0. The zero-order valence-electron chi connectivity index (χ0n) is 16.5. The Bertz CT molecular complexity index is 1340. The Labute approximate surface area is 180 Å². The molecule has 2 nitrogen and oxygen atoms in total. The van der Waals surface area contributed by atoms with Crippen molar-refractivity contribution in [1.82, 2.24) is 9.97 Å². The third kappa shape index (κ3) is 3.47. The highest BCUT2D eigenvalue weighted by atomic mass is 35.5. The van der Waals surface area contributed by atoms with Crippen molar-refractivity contribution in [3.05, 3.63) is 108 Å². The normalized spacial score (nSPS) is 11.0. The van der Waals surface area contributed by atoms with Gasteiger partial charge in [0, 0.05) is 18.0 Å². The van der Waals surface area contributed by atoms with Crippen LogP contribution in [0.3, 0.4) is 0 Å². The van der Waals surface area contributed by atoms with Crippen molar-refractivity contribution >= 4 is 22.6 Å². The average Bonchev–Trinajstić information content (AvgIpc) is 2.80. The van der Waals surface area contributed by atoms with Crippen molar-refractivity contribution in [2.24, 2.45) is 0 Å². The molecule has 5 rings (SSSR count).